The first-order valence-corrected chi connectivity index (χ1v) is 7.74. The fraction of sp³-hybridized carbons (Fsp3) is 0.389. The largest absolute Gasteiger partial charge is 0.252 e. The van der Waals surface area contributed by atoms with E-state index < -0.39 is 0 Å². The summed E-state index contributed by atoms with van der Waals surface area (Å²) in [6.07, 6.45) is 2.79. The van der Waals surface area contributed by atoms with E-state index in [1.54, 1.807) is 10.8 Å². The molecule has 2 heterocycles. The minimum atomic E-state index is 0.657. The van der Waals surface area contributed by atoms with Gasteiger partial charge in [-0.05, 0) is 44.4 Å². The summed E-state index contributed by atoms with van der Waals surface area (Å²) in [5, 5.41) is 4.25. The van der Waals surface area contributed by atoms with E-state index in [2.05, 4.69) is 67.9 Å². The zero-order valence-corrected chi connectivity index (χ0v) is 14.3. The van der Waals surface area contributed by atoms with Crippen LogP contribution in [0.1, 0.15) is 42.8 Å². The summed E-state index contributed by atoms with van der Waals surface area (Å²) in [6, 6.07) is 6.35. The molecule has 0 spiro atoms. The Kier molecular flexibility index (Phi) is 4.91. The molecular weight excluding hydrogens is 272 g/mol. The van der Waals surface area contributed by atoms with Gasteiger partial charge in [-0.25, -0.2) is 9.50 Å². The van der Waals surface area contributed by atoms with Crippen LogP contribution in [0.25, 0.3) is 16.9 Å². The average Bonchev–Trinajstić information content (AvgIpc) is 2.91. The molecule has 1 aromatic carbocycles. The van der Waals surface area contributed by atoms with Crippen LogP contribution in [0.4, 0.5) is 0 Å². The first-order chi connectivity index (χ1) is 10.5. The summed E-state index contributed by atoms with van der Waals surface area (Å²) in [5.41, 5.74) is 7.00. The van der Waals surface area contributed by atoms with Crippen LogP contribution in [0.2, 0.25) is 0 Å². The Morgan fingerprint density at radius 1 is 0.955 bits per heavy atom. The fourth-order valence-corrected chi connectivity index (χ4v) is 2.69. The van der Waals surface area contributed by atoms with Gasteiger partial charge in [0.1, 0.15) is 6.33 Å². The predicted molar refractivity (Wildman–Crippen MR) is 91.1 cm³/mol. The molecule has 3 aromatic rings. The molecule has 0 radical (unpaired) electrons. The third-order valence-corrected chi connectivity index (χ3v) is 3.57. The third-order valence-electron chi connectivity index (χ3n) is 3.57. The van der Waals surface area contributed by atoms with Crippen molar-refractivity contribution >= 4 is 5.78 Å². The van der Waals surface area contributed by atoms with Gasteiger partial charge in [-0.15, -0.1) is 0 Å². The fourth-order valence-electron chi connectivity index (χ4n) is 2.69. The second kappa shape index (κ2) is 6.69. The lowest BCUT2D eigenvalue weighted by Gasteiger charge is -2.15. The molecule has 2 aromatic heterocycles. The molecule has 0 saturated carbocycles. The van der Waals surface area contributed by atoms with Gasteiger partial charge in [0.25, 0.3) is 5.78 Å². The smallest absolute Gasteiger partial charge is 0.216 e. The zero-order chi connectivity index (χ0) is 16.3. The van der Waals surface area contributed by atoms with Gasteiger partial charge in [0.2, 0.25) is 0 Å². The predicted octanol–water partition coefficient (Wildman–Crippen LogP) is 4.44. The number of nitrogens with zero attached hydrogens (tertiary/aromatic N) is 4. The van der Waals surface area contributed by atoms with Crippen molar-refractivity contribution in [2.24, 2.45) is 0 Å². The van der Waals surface area contributed by atoms with Gasteiger partial charge in [-0.2, -0.15) is 10.1 Å². The van der Waals surface area contributed by atoms with Crippen LogP contribution in [-0.4, -0.2) is 19.6 Å². The molecule has 0 atom stereocenters. The molecule has 0 aliphatic carbocycles. The summed E-state index contributed by atoms with van der Waals surface area (Å²) in [7, 11) is 0. The van der Waals surface area contributed by atoms with Crippen molar-refractivity contribution in [1.29, 1.82) is 0 Å². The number of aromatic nitrogens is 4. The van der Waals surface area contributed by atoms with E-state index in [0.717, 1.165) is 17.0 Å². The van der Waals surface area contributed by atoms with Crippen molar-refractivity contribution < 1.29 is 0 Å². The topological polar surface area (TPSA) is 43.1 Å². The Bertz CT molecular complexity index is 767. The van der Waals surface area contributed by atoms with Crippen LogP contribution in [0, 0.1) is 27.7 Å². The maximum absolute atomic E-state index is 4.54. The Hall–Kier alpha value is -2.23. The first-order valence-electron chi connectivity index (χ1n) is 7.74. The van der Waals surface area contributed by atoms with Crippen LogP contribution in [0.15, 0.2) is 24.5 Å². The summed E-state index contributed by atoms with van der Waals surface area (Å²) in [4.78, 5) is 8.71. The SMILES string of the molecule is CCC.Cc1cccc(C)c1-c1c(C)nc2ncnn2c1C. The number of hydrogen-bond acceptors (Lipinski definition) is 3. The minimum Gasteiger partial charge on any atom is -0.216 e. The molecule has 22 heavy (non-hydrogen) atoms. The molecule has 3 rings (SSSR count). The Morgan fingerprint density at radius 3 is 2.14 bits per heavy atom. The van der Waals surface area contributed by atoms with E-state index in [1.165, 1.54) is 23.1 Å². The average molecular weight is 296 g/mol. The van der Waals surface area contributed by atoms with Crippen molar-refractivity contribution in [2.75, 3.05) is 0 Å². The molecule has 116 valence electrons. The lowest BCUT2D eigenvalue weighted by Crippen LogP contribution is -2.04. The van der Waals surface area contributed by atoms with Crippen LogP contribution in [0.5, 0.6) is 0 Å². The van der Waals surface area contributed by atoms with E-state index in [9.17, 15) is 0 Å². The highest BCUT2D eigenvalue weighted by molar-refractivity contribution is 5.75. The molecule has 4 heteroatoms. The molecule has 0 bridgehead atoms. The van der Waals surface area contributed by atoms with Gasteiger partial charge in [-0.1, -0.05) is 38.5 Å². The Labute approximate surface area is 132 Å². The van der Waals surface area contributed by atoms with E-state index in [-0.39, 0.29) is 0 Å². The maximum atomic E-state index is 4.54. The van der Waals surface area contributed by atoms with Gasteiger partial charge in [0, 0.05) is 5.56 Å². The minimum absolute atomic E-state index is 0.657. The maximum Gasteiger partial charge on any atom is 0.252 e. The highest BCUT2D eigenvalue weighted by atomic mass is 15.3. The van der Waals surface area contributed by atoms with Crippen LogP contribution in [-0.2, 0) is 0 Å². The molecule has 0 saturated heterocycles. The molecule has 0 N–H and O–H groups in total. The van der Waals surface area contributed by atoms with E-state index >= 15 is 0 Å². The number of rotatable bonds is 1. The molecule has 0 amide bonds. The summed E-state index contributed by atoms with van der Waals surface area (Å²) >= 11 is 0. The second-order valence-electron chi connectivity index (χ2n) is 5.60. The number of benzene rings is 1. The van der Waals surface area contributed by atoms with Gasteiger partial charge in [-0.3, -0.25) is 0 Å². The lowest BCUT2D eigenvalue weighted by molar-refractivity contribution is 0.887. The van der Waals surface area contributed by atoms with Crippen LogP contribution >= 0.6 is 0 Å². The highest BCUT2D eigenvalue weighted by Gasteiger charge is 2.15. The standard InChI is InChI=1S/C15H16N4.C3H8/c1-9-6-5-7-10(2)13(9)14-11(3)18-15-16-8-17-19(15)12(14)4;1-3-2/h5-8H,1-4H3;3H2,1-2H3. The van der Waals surface area contributed by atoms with Gasteiger partial charge < -0.3 is 0 Å². The van der Waals surface area contributed by atoms with Crippen molar-refractivity contribution in [3.05, 3.63) is 47.0 Å². The first kappa shape index (κ1) is 16.1. The normalized spacial score (nSPS) is 10.5. The number of aryl methyl sites for hydroxylation is 4. The third kappa shape index (κ3) is 2.86. The van der Waals surface area contributed by atoms with E-state index in [4.69, 9.17) is 0 Å². The zero-order valence-electron chi connectivity index (χ0n) is 14.3. The quantitative estimate of drug-likeness (QED) is 0.666. The molecule has 0 fully saturated rings. The molecular formula is C18H24N4. The number of hydrogen-bond donors (Lipinski definition) is 0. The van der Waals surface area contributed by atoms with Crippen molar-refractivity contribution in [2.45, 2.75) is 48.0 Å². The summed E-state index contributed by atoms with van der Waals surface area (Å²) in [5.74, 6) is 0.657. The van der Waals surface area contributed by atoms with Gasteiger partial charge in [0.05, 0.1) is 11.4 Å². The highest BCUT2D eigenvalue weighted by Crippen LogP contribution is 2.31. The van der Waals surface area contributed by atoms with Crippen molar-refractivity contribution in [3.63, 3.8) is 0 Å². The monoisotopic (exact) mass is 296 g/mol. The van der Waals surface area contributed by atoms with E-state index in [0.29, 0.717) is 5.78 Å². The van der Waals surface area contributed by atoms with Crippen molar-refractivity contribution in [3.8, 4) is 11.1 Å². The summed E-state index contributed by atoms with van der Waals surface area (Å²) < 4.78 is 1.80. The lowest BCUT2D eigenvalue weighted by atomic mass is 9.94. The van der Waals surface area contributed by atoms with Crippen molar-refractivity contribution in [1.82, 2.24) is 19.6 Å². The van der Waals surface area contributed by atoms with Crippen LogP contribution < -0.4 is 0 Å². The molecule has 4 nitrogen and oxygen atoms in total. The Balaban J connectivity index is 0.000000545. The second-order valence-corrected chi connectivity index (χ2v) is 5.60. The molecule has 0 aliphatic rings. The van der Waals surface area contributed by atoms with Crippen LogP contribution in [0.3, 0.4) is 0 Å². The summed E-state index contributed by atoms with van der Waals surface area (Å²) in [6.45, 7) is 12.6. The van der Waals surface area contributed by atoms with E-state index in [1.807, 2.05) is 6.92 Å². The molecule has 0 unspecified atom stereocenters. The van der Waals surface area contributed by atoms with Gasteiger partial charge in [0.15, 0.2) is 0 Å². The Morgan fingerprint density at radius 2 is 1.55 bits per heavy atom. The molecule has 0 aliphatic heterocycles. The number of fused-ring (bicyclic) bond motifs is 1. The van der Waals surface area contributed by atoms with Gasteiger partial charge >= 0.3 is 0 Å².